The molecule has 1 heterocycles. The summed E-state index contributed by atoms with van der Waals surface area (Å²) >= 11 is 0.429. The lowest BCUT2D eigenvalue weighted by Crippen LogP contribution is -2.29. The summed E-state index contributed by atoms with van der Waals surface area (Å²) in [5.41, 5.74) is 0. The fourth-order valence-corrected chi connectivity index (χ4v) is 2.10. The van der Waals surface area contributed by atoms with E-state index in [2.05, 4.69) is 5.32 Å². The van der Waals surface area contributed by atoms with Gasteiger partial charge in [0, 0.05) is 13.0 Å². The fraction of sp³-hybridized carbons (Fsp3) is 0.571. The highest BCUT2D eigenvalue weighted by atomic mass is 32.2. The van der Waals surface area contributed by atoms with E-state index in [4.69, 9.17) is 9.15 Å². The number of hydrogen-bond acceptors (Lipinski definition) is 5. The van der Waals surface area contributed by atoms with Crippen LogP contribution in [0.4, 0.5) is 8.78 Å². The van der Waals surface area contributed by atoms with Crippen molar-refractivity contribution in [1.82, 2.24) is 5.32 Å². The second-order valence-electron chi connectivity index (χ2n) is 4.66. The van der Waals surface area contributed by atoms with Gasteiger partial charge in [0.25, 0.3) is 11.7 Å². The first kappa shape index (κ1) is 18.5. The van der Waals surface area contributed by atoms with Gasteiger partial charge in [0.2, 0.25) is 0 Å². The third kappa shape index (κ3) is 6.93. The lowest BCUT2D eigenvalue weighted by atomic mass is 10.1. The van der Waals surface area contributed by atoms with Gasteiger partial charge < -0.3 is 14.5 Å². The van der Waals surface area contributed by atoms with Crippen LogP contribution in [0.2, 0.25) is 0 Å². The Bertz CT molecular complexity index is 493. The van der Waals surface area contributed by atoms with E-state index in [0.717, 1.165) is 0 Å². The molecule has 5 nitrogen and oxygen atoms in total. The maximum absolute atomic E-state index is 12.1. The average Bonchev–Trinajstić information content (AvgIpc) is 2.91. The van der Waals surface area contributed by atoms with Crippen LogP contribution in [-0.4, -0.2) is 30.8 Å². The standard InChI is InChI=1S/C14H19F2NO4S/c1-3-20-12(18)6-9(2)7-17-13(19)11-5-4-10(21-11)8-22-14(15)16/h4-5,9,14H,3,6-8H2,1-2H3,(H,17,19)/t9-/m1/s1. The number of thioether (sulfide) groups is 1. The minimum Gasteiger partial charge on any atom is -0.466 e. The molecule has 0 unspecified atom stereocenters. The molecule has 0 radical (unpaired) electrons. The van der Waals surface area contributed by atoms with Gasteiger partial charge in [0.15, 0.2) is 5.76 Å². The van der Waals surface area contributed by atoms with Gasteiger partial charge >= 0.3 is 5.97 Å². The lowest BCUT2D eigenvalue weighted by molar-refractivity contribution is -0.144. The zero-order valence-corrected chi connectivity index (χ0v) is 13.3. The van der Waals surface area contributed by atoms with Gasteiger partial charge in [-0.2, -0.15) is 8.78 Å². The van der Waals surface area contributed by atoms with Gasteiger partial charge in [-0.1, -0.05) is 18.7 Å². The van der Waals surface area contributed by atoms with Crippen molar-refractivity contribution in [2.45, 2.75) is 31.8 Å². The van der Waals surface area contributed by atoms with E-state index in [1.807, 2.05) is 6.92 Å². The van der Waals surface area contributed by atoms with Crippen molar-refractivity contribution in [1.29, 1.82) is 0 Å². The summed E-state index contributed by atoms with van der Waals surface area (Å²) in [7, 11) is 0. The number of alkyl halides is 2. The van der Waals surface area contributed by atoms with Crippen LogP contribution in [0.3, 0.4) is 0 Å². The van der Waals surface area contributed by atoms with Crippen LogP contribution < -0.4 is 5.32 Å². The van der Waals surface area contributed by atoms with Crippen molar-refractivity contribution in [2.24, 2.45) is 5.92 Å². The summed E-state index contributed by atoms with van der Waals surface area (Å²) < 4.78 is 34.1. The van der Waals surface area contributed by atoms with Crippen LogP contribution in [0.1, 0.15) is 36.6 Å². The molecular formula is C14H19F2NO4S. The summed E-state index contributed by atoms with van der Waals surface area (Å²) in [6.07, 6.45) is 0.211. The Kier molecular flexibility index (Phi) is 7.94. The predicted molar refractivity (Wildman–Crippen MR) is 78.8 cm³/mol. The Morgan fingerprint density at radius 1 is 1.41 bits per heavy atom. The van der Waals surface area contributed by atoms with Gasteiger partial charge in [0.1, 0.15) is 5.76 Å². The van der Waals surface area contributed by atoms with Crippen molar-refractivity contribution in [3.05, 3.63) is 23.7 Å². The van der Waals surface area contributed by atoms with Crippen LogP contribution in [0.15, 0.2) is 16.5 Å². The van der Waals surface area contributed by atoms with Gasteiger partial charge in [-0.15, -0.1) is 0 Å². The zero-order valence-electron chi connectivity index (χ0n) is 12.4. The number of rotatable bonds is 9. The molecule has 8 heteroatoms. The van der Waals surface area contributed by atoms with E-state index in [1.54, 1.807) is 6.92 Å². The van der Waals surface area contributed by atoms with Gasteiger partial charge in [0.05, 0.1) is 12.4 Å². The second-order valence-corrected chi connectivity index (χ2v) is 5.64. The minimum absolute atomic E-state index is 0.00417. The number of nitrogens with one attached hydrogen (secondary N) is 1. The molecule has 0 aromatic carbocycles. The number of amides is 1. The van der Waals surface area contributed by atoms with Crippen molar-refractivity contribution in [3.8, 4) is 0 Å². The molecule has 1 N–H and O–H groups in total. The molecule has 0 fully saturated rings. The van der Waals surface area contributed by atoms with Gasteiger partial charge in [-0.05, 0) is 25.0 Å². The number of carbonyl (C=O) groups excluding carboxylic acids is 2. The number of esters is 1. The van der Waals surface area contributed by atoms with Crippen molar-refractivity contribution in [2.75, 3.05) is 13.2 Å². The molecule has 0 aliphatic carbocycles. The molecule has 22 heavy (non-hydrogen) atoms. The molecule has 1 rings (SSSR count). The first-order valence-corrected chi connectivity index (χ1v) is 7.89. The normalized spacial score (nSPS) is 12.2. The van der Waals surface area contributed by atoms with E-state index >= 15 is 0 Å². The van der Waals surface area contributed by atoms with E-state index < -0.39 is 11.7 Å². The Hall–Kier alpha value is -1.57. The van der Waals surface area contributed by atoms with Crippen LogP contribution in [0.25, 0.3) is 0 Å². The topological polar surface area (TPSA) is 68.5 Å². The number of hydrogen-bond donors (Lipinski definition) is 1. The molecular weight excluding hydrogens is 316 g/mol. The quantitative estimate of drug-likeness (QED) is 0.703. The summed E-state index contributed by atoms with van der Waals surface area (Å²) in [5, 5.41) is 2.63. The molecule has 0 bridgehead atoms. The Morgan fingerprint density at radius 2 is 2.14 bits per heavy atom. The predicted octanol–water partition coefficient (Wildman–Crippen LogP) is 3.05. The van der Waals surface area contributed by atoms with Crippen LogP contribution in [0.5, 0.6) is 0 Å². The van der Waals surface area contributed by atoms with Crippen molar-refractivity contribution in [3.63, 3.8) is 0 Å². The van der Waals surface area contributed by atoms with E-state index in [-0.39, 0.29) is 29.8 Å². The molecule has 0 aliphatic rings. The number of carbonyl (C=O) groups is 2. The summed E-state index contributed by atoms with van der Waals surface area (Å²) in [6.45, 7) is 4.15. The molecule has 124 valence electrons. The molecule has 0 aliphatic heterocycles. The molecule has 1 aromatic heterocycles. The molecule has 0 saturated heterocycles. The monoisotopic (exact) mass is 335 g/mol. The number of halogens is 2. The van der Waals surface area contributed by atoms with Crippen molar-refractivity contribution < 1.29 is 27.5 Å². The second kappa shape index (κ2) is 9.45. The number of furan rings is 1. The highest BCUT2D eigenvalue weighted by Crippen LogP contribution is 2.21. The zero-order chi connectivity index (χ0) is 16.5. The average molecular weight is 335 g/mol. The minimum atomic E-state index is -2.48. The highest BCUT2D eigenvalue weighted by molar-refractivity contribution is 7.98. The van der Waals surface area contributed by atoms with Gasteiger partial charge in [-0.3, -0.25) is 9.59 Å². The number of ether oxygens (including phenoxy) is 1. The van der Waals surface area contributed by atoms with Gasteiger partial charge in [-0.25, -0.2) is 0 Å². The largest absolute Gasteiger partial charge is 0.466 e. The first-order valence-electron chi connectivity index (χ1n) is 6.84. The molecule has 1 aromatic rings. The molecule has 1 atom stereocenters. The highest BCUT2D eigenvalue weighted by Gasteiger charge is 2.15. The molecule has 1 amide bonds. The Morgan fingerprint density at radius 3 is 2.77 bits per heavy atom. The van der Waals surface area contributed by atoms with E-state index in [9.17, 15) is 18.4 Å². The van der Waals surface area contributed by atoms with Crippen molar-refractivity contribution >= 4 is 23.6 Å². The van der Waals surface area contributed by atoms with E-state index in [0.29, 0.717) is 30.7 Å². The van der Waals surface area contributed by atoms with Crippen LogP contribution in [0, 0.1) is 5.92 Å². The Labute approximate surface area is 131 Å². The SMILES string of the molecule is CCOC(=O)C[C@@H](C)CNC(=O)c1ccc(CSC(F)F)o1. The fourth-order valence-electron chi connectivity index (χ4n) is 1.65. The smallest absolute Gasteiger partial charge is 0.306 e. The molecule has 0 saturated carbocycles. The third-order valence-corrected chi connectivity index (χ3v) is 3.37. The third-order valence-electron chi connectivity index (χ3n) is 2.67. The summed E-state index contributed by atoms with van der Waals surface area (Å²) in [5.74, 6) is -2.93. The summed E-state index contributed by atoms with van der Waals surface area (Å²) in [6, 6.07) is 2.93. The van der Waals surface area contributed by atoms with Crippen LogP contribution in [-0.2, 0) is 15.3 Å². The lowest BCUT2D eigenvalue weighted by Gasteiger charge is -2.11. The summed E-state index contributed by atoms with van der Waals surface area (Å²) in [4.78, 5) is 23.1. The molecule has 0 spiro atoms. The maximum atomic E-state index is 12.1. The first-order chi connectivity index (χ1) is 10.4. The van der Waals surface area contributed by atoms with E-state index in [1.165, 1.54) is 12.1 Å². The maximum Gasteiger partial charge on any atom is 0.306 e. The Balaban J connectivity index is 2.37. The van der Waals surface area contributed by atoms with Crippen LogP contribution >= 0.6 is 11.8 Å².